The molecule has 0 aliphatic carbocycles. The van der Waals surface area contributed by atoms with Crippen molar-refractivity contribution < 1.29 is 24.2 Å². The third-order valence-electron chi connectivity index (χ3n) is 5.38. The number of aliphatic hydroxyl groups excluding tert-OH is 1. The molecule has 1 N–H and O–H groups in total. The second-order valence-corrected chi connectivity index (χ2v) is 7.78. The van der Waals surface area contributed by atoms with Crippen molar-refractivity contribution in [2.45, 2.75) is 13.0 Å². The second kappa shape index (κ2) is 9.22. The van der Waals surface area contributed by atoms with Gasteiger partial charge < -0.3 is 24.4 Å². The molecule has 1 amide bonds. The van der Waals surface area contributed by atoms with Crippen LogP contribution in [0.4, 0.5) is 0 Å². The highest BCUT2D eigenvalue weighted by Gasteiger charge is 2.46. The van der Waals surface area contributed by atoms with E-state index in [1.54, 1.807) is 30.3 Å². The number of ketones is 1. The SMILES string of the molecule is COc1ccc(C2C(=C(O)c3ccc(C)cc3)C(=O)C(=O)N2CCN(C)C)cc1OC. The lowest BCUT2D eigenvalue weighted by Crippen LogP contribution is -2.35. The van der Waals surface area contributed by atoms with E-state index < -0.39 is 17.7 Å². The fourth-order valence-electron chi connectivity index (χ4n) is 3.65. The van der Waals surface area contributed by atoms with E-state index in [0.717, 1.165) is 5.56 Å². The van der Waals surface area contributed by atoms with Crippen LogP contribution in [0.2, 0.25) is 0 Å². The van der Waals surface area contributed by atoms with Gasteiger partial charge in [0.1, 0.15) is 5.76 Å². The lowest BCUT2D eigenvalue weighted by molar-refractivity contribution is -0.140. The number of aliphatic hydroxyl groups is 1. The number of amides is 1. The molecule has 0 radical (unpaired) electrons. The number of nitrogens with zero attached hydrogens (tertiary/aromatic N) is 2. The molecule has 1 aliphatic rings. The van der Waals surface area contributed by atoms with Gasteiger partial charge in [0.05, 0.1) is 25.8 Å². The van der Waals surface area contributed by atoms with Crippen LogP contribution in [0.25, 0.3) is 5.76 Å². The first-order valence-electron chi connectivity index (χ1n) is 10.0. The molecule has 0 aromatic heterocycles. The van der Waals surface area contributed by atoms with Crippen LogP contribution in [0, 0.1) is 6.92 Å². The molecule has 0 spiro atoms. The lowest BCUT2D eigenvalue weighted by atomic mass is 9.94. The minimum atomic E-state index is -0.735. The Hall–Kier alpha value is -3.32. The molecule has 3 rings (SSSR count). The van der Waals surface area contributed by atoms with E-state index in [9.17, 15) is 14.7 Å². The molecule has 2 aromatic carbocycles. The summed E-state index contributed by atoms with van der Waals surface area (Å²) in [5.74, 6) is -0.499. The Morgan fingerprint density at radius 1 is 1.03 bits per heavy atom. The van der Waals surface area contributed by atoms with Crippen molar-refractivity contribution in [3.8, 4) is 11.5 Å². The van der Waals surface area contributed by atoms with Crippen LogP contribution in [0.3, 0.4) is 0 Å². The number of likely N-dealkylation sites (N-methyl/N-ethyl adjacent to an activating group) is 1. The van der Waals surface area contributed by atoms with Crippen molar-refractivity contribution in [1.82, 2.24) is 9.80 Å². The van der Waals surface area contributed by atoms with Crippen molar-refractivity contribution in [3.05, 3.63) is 64.7 Å². The average molecular weight is 424 g/mol. The van der Waals surface area contributed by atoms with Gasteiger partial charge in [0.15, 0.2) is 11.5 Å². The maximum atomic E-state index is 13.0. The van der Waals surface area contributed by atoms with Gasteiger partial charge in [0, 0.05) is 18.7 Å². The summed E-state index contributed by atoms with van der Waals surface area (Å²) < 4.78 is 10.7. The minimum absolute atomic E-state index is 0.0693. The fraction of sp³-hybridized carbons (Fsp3) is 0.333. The summed E-state index contributed by atoms with van der Waals surface area (Å²) in [4.78, 5) is 29.4. The van der Waals surface area contributed by atoms with E-state index in [1.807, 2.05) is 38.1 Å². The number of carbonyl (C=O) groups is 2. The number of Topliss-reactive ketones (excluding diaryl/α,β-unsaturated/α-hetero) is 1. The summed E-state index contributed by atoms with van der Waals surface area (Å²) >= 11 is 0. The Bertz CT molecular complexity index is 1010. The number of carbonyl (C=O) groups excluding carboxylic acids is 2. The maximum absolute atomic E-state index is 13.0. The molecule has 7 heteroatoms. The van der Waals surface area contributed by atoms with E-state index >= 15 is 0 Å². The Morgan fingerprint density at radius 3 is 2.26 bits per heavy atom. The Labute approximate surface area is 182 Å². The number of hydrogen-bond donors (Lipinski definition) is 1. The Balaban J connectivity index is 2.18. The average Bonchev–Trinajstić information content (AvgIpc) is 3.01. The zero-order valence-electron chi connectivity index (χ0n) is 18.5. The van der Waals surface area contributed by atoms with Gasteiger partial charge >= 0.3 is 0 Å². The summed E-state index contributed by atoms with van der Waals surface area (Å²) in [6.45, 7) is 2.84. The summed E-state index contributed by atoms with van der Waals surface area (Å²) in [5, 5.41) is 11.1. The van der Waals surface area contributed by atoms with E-state index in [1.165, 1.54) is 19.1 Å². The summed E-state index contributed by atoms with van der Waals surface area (Å²) in [6, 6.07) is 11.7. The number of hydrogen-bond acceptors (Lipinski definition) is 6. The molecule has 0 saturated carbocycles. The molecule has 164 valence electrons. The van der Waals surface area contributed by atoms with Crippen LogP contribution in [-0.2, 0) is 9.59 Å². The first-order chi connectivity index (χ1) is 14.8. The molecule has 1 heterocycles. The van der Waals surface area contributed by atoms with Gasteiger partial charge in [-0.3, -0.25) is 9.59 Å². The van der Waals surface area contributed by atoms with Gasteiger partial charge in [-0.1, -0.05) is 35.9 Å². The van der Waals surface area contributed by atoms with Gasteiger partial charge in [-0.25, -0.2) is 0 Å². The van der Waals surface area contributed by atoms with Crippen LogP contribution in [0.15, 0.2) is 48.0 Å². The third kappa shape index (κ3) is 4.41. The van der Waals surface area contributed by atoms with Crippen LogP contribution in [0.1, 0.15) is 22.7 Å². The molecule has 2 aromatic rings. The smallest absolute Gasteiger partial charge is 0.295 e. The first kappa shape index (κ1) is 22.4. The first-order valence-corrected chi connectivity index (χ1v) is 10.0. The van der Waals surface area contributed by atoms with Gasteiger partial charge in [0.25, 0.3) is 11.7 Å². The van der Waals surface area contributed by atoms with E-state index in [2.05, 4.69) is 0 Å². The number of ether oxygens (including phenoxy) is 2. The topological polar surface area (TPSA) is 79.3 Å². The molecule has 1 aliphatic heterocycles. The van der Waals surface area contributed by atoms with Gasteiger partial charge in [-0.05, 0) is 38.7 Å². The molecule has 1 saturated heterocycles. The van der Waals surface area contributed by atoms with Crippen molar-refractivity contribution in [2.24, 2.45) is 0 Å². The highest BCUT2D eigenvalue weighted by molar-refractivity contribution is 6.46. The highest BCUT2D eigenvalue weighted by Crippen LogP contribution is 2.41. The molecule has 1 unspecified atom stereocenters. The normalized spacial score (nSPS) is 18.0. The van der Waals surface area contributed by atoms with Crippen molar-refractivity contribution in [1.29, 1.82) is 0 Å². The zero-order chi connectivity index (χ0) is 22.7. The molecule has 0 bridgehead atoms. The van der Waals surface area contributed by atoms with Crippen LogP contribution in [0.5, 0.6) is 11.5 Å². The number of aryl methyl sites for hydroxylation is 1. The molecular formula is C24H28N2O5. The van der Waals surface area contributed by atoms with Crippen molar-refractivity contribution >= 4 is 17.4 Å². The largest absolute Gasteiger partial charge is 0.507 e. The third-order valence-corrected chi connectivity index (χ3v) is 5.38. The number of rotatable bonds is 7. The van der Waals surface area contributed by atoms with E-state index in [-0.39, 0.29) is 11.3 Å². The molecule has 31 heavy (non-hydrogen) atoms. The summed E-state index contributed by atoms with van der Waals surface area (Å²) in [6.07, 6.45) is 0. The predicted octanol–water partition coefficient (Wildman–Crippen LogP) is 3.00. The number of likely N-dealkylation sites (tertiary alicyclic amines) is 1. The van der Waals surface area contributed by atoms with Crippen LogP contribution < -0.4 is 9.47 Å². The van der Waals surface area contributed by atoms with Crippen LogP contribution in [-0.4, -0.2) is 68.0 Å². The zero-order valence-corrected chi connectivity index (χ0v) is 18.5. The minimum Gasteiger partial charge on any atom is -0.507 e. The van der Waals surface area contributed by atoms with E-state index in [4.69, 9.17) is 9.47 Å². The van der Waals surface area contributed by atoms with Gasteiger partial charge in [-0.2, -0.15) is 0 Å². The summed E-state index contributed by atoms with van der Waals surface area (Å²) in [7, 11) is 6.86. The van der Waals surface area contributed by atoms with Crippen molar-refractivity contribution in [3.63, 3.8) is 0 Å². The second-order valence-electron chi connectivity index (χ2n) is 7.78. The predicted molar refractivity (Wildman–Crippen MR) is 118 cm³/mol. The summed E-state index contributed by atoms with van der Waals surface area (Å²) in [5.41, 5.74) is 2.24. The van der Waals surface area contributed by atoms with Crippen LogP contribution >= 0.6 is 0 Å². The van der Waals surface area contributed by atoms with E-state index in [0.29, 0.717) is 35.7 Å². The fourth-order valence-corrected chi connectivity index (χ4v) is 3.65. The van der Waals surface area contributed by atoms with Gasteiger partial charge in [-0.15, -0.1) is 0 Å². The Kier molecular flexibility index (Phi) is 6.65. The molecule has 1 fully saturated rings. The molecule has 1 atom stereocenters. The highest BCUT2D eigenvalue weighted by atomic mass is 16.5. The molecule has 7 nitrogen and oxygen atoms in total. The lowest BCUT2D eigenvalue weighted by Gasteiger charge is -2.27. The number of benzene rings is 2. The van der Waals surface area contributed by atoms with Gasteiger partial charge in [0.2, 0.25) is 0 Å². The van der Waals surface area contributed by atoms with Crippen molar-refractivity contribution in [2.75, 3.05) is 41.4 Å². The monoisotopic (exact) mass is 424 g/mol. The standard InChI is InChI=1S/C24H28N2O5/c1-15-6-8-16(9-7-15)22(27)20-21(17-10-11-18(30-4)19(14-17)31-5)26(13-12-25(2)3)24(29)23(20)28/h6-11,14,21,27H,12-13H2,1-5H3. The quantitative estimate of drug-likeness (QED) is 0.418. The molecular weight excluding hydrogens is 396 g/mol. The number of methoxy groups -OCH3 is 2. The maximum Gasteiger partial charge on any atom is 0.295 e. The Morgan fingerprint density at radius 2 is 1.68 bits per heavy atom.